The smallest absolute Gasteiger partial charge is 0.337 e. The lowest BCUT2D eigenvalue weighted by Crippen LogP contribution is -2.36. The SMILES string of the molecule is C=CC(F)(F)Cn1c(C#CCNc2ccc(C(=O)OC)cc2OC)cc2c(NC3CCN(C)CC3)cccc21. The highest BCUT2D eigenvalue weighted by Gasteiger charge is 2.27. The van der Waals surface area contributed by atoms with Gasteiger partial charge in [0.1, 0.15) is 5.75 Å². The average molecular weight is 537 g/mol. The van der Waals surface area contributed by atoms with Crippen LogP contribution in [0.5, 0.6) is 5.75 Å². The monoisotopic (exact) mass is 536 g/mol. The molecule has 1 aliphatic rings. The molecule has 2 aromatic carbocycles. The molecule has 1 saturated heterocycles. The molecule has 0 spiro atoms. The fourth-order valence-electron chi connectivity index (χ4n) is 4.69. The van der Waals surface area contributed by atoms with E-state index in [1.807, 2.05) is 24.3 Å². The number of likely N-dealkylation sites (tertiary alicyclic amines) is 1. The summed E-state index contributed by atoms with van der Waals surface area (Å²) in [7, 11) is 4.93. The Bertz CT molecular complexity index is 1400. The molecule has 0 saturated carbocycles. The molecule has 9 heteroatoms. The molecule has 206 valence electrons. The van der Waals surface area contributed by atoms with E-state index in [-0.39, 0.29) is 6.54 Å². The molecule has 4 rings (SSSR count). The van der Waals surface area contributed by atoms with E-state index in [2.05, 4.69) is 41.0 Å². The highest BCUT2D eigenvalue weighted by Crippen LogP contribution is 2.31. The van der Waals surface area contributed by atoms with Crippen molar-refractivity contribution in [3.63, 3.8) is 0 Å². The Kier molecular flexibility index (Phi) is 8.77. The van der Waals surface area contributed by atoms with Crippen molar-refractivity contribution in [2.45, 2.75) is 31.4 Å². The van der Waals surface area contributed by atoms with E-state index < -0.39 is 18.4 Å². The largest absolute Gasteiger partial charge is 0.495 e. The van der Waals surface area contributed by atoms with Gasteiger partial charge in [0.15, 0.2) is 0 Å². The maximum absolute atomic E-state index is 14.5. The second-order valence-corrected chi connectivity index (χ2v) is 9.60. The predicted octanol–water partition coefficient (Wildman–Crippen LogP) is 5.23. The number of fused-ring (bicyclic) bond motifs is 1. The van der Waals surface area contributed by atoms with Gasteiger partial charge >= 0.3 is 5.97 Å². The number of benzene rings is 2. The first-order valence-electron chi connectivity index (χ1n) is 12.8. The minimum Gasteiger partial charge on any atom is -0.495 e. The molecule has 0 radical (unpaired) electrons. The van der Waals surface area contributed by atoms with E-state index in [1.165, 1.54) is 14.2 Å². The van der Waals surface area contributed by atoms with Gasteiger partial charge in [0, 0.05) is 17.1 Å². The van der Waals surface area contributed by atoms with Crippen LogP contribution in [0.25, 0.3) is 10.9 Å². The van der Waals surface area contributed by atoms with E-state index in [0.717, 1.165) is 37.0 Å². The molecule has 0 amide bonds. The number of hydrogen-bond acceptors (Lipinski definition) is 6. The van der Waals surface area contributed by atoms with Gasteiger partial charge in [-0.25, -0.2) is 13.6 Å². The third kappa shape index (κ3) is 6.70. The van der Waals surface area contributed by atoms with Crippen molar-refractivity contribution < 1.29 is 23.0 Å². The van der Waals surface area contributed by atoms with Crippen LogP contribution in [0.3, 0.4) is 0 Å². The number of hydrogen-bond donors (Lipinski definition) is 2. The number of carbonyl (C=O) groups excluding carboxylic acids is 1. The number of piperidine rings is 1. The van der Waals surface area contributed by atoms with Gasteiger partial charge in [0.25, 0.3) is 5.92 Å². The molecule has 2 N–H and O–H groups in total. The molecular weight excluding hydrogens is 502 g/mol. The van der Waals surface area contributed by atoms with Crippen molar-refractivity contribution in [2.75, 3.05) is 51.5 Å². The van der Waals surface area contributed by atoms with Crippen molar-refractivity contribution in [2.24, 2.45) is 0 Å². The second-order valence-electron chi connectivity index (χ2n) is 9.60. The third-order valence-electron chi connectivity index (χ3n) is 6.90. The fraction of sp³-hybridized carbons (Fsp3) is 0.367. The van der Waals surface area contributed by atoms with Gasteiger partial charge in [0.05, 0.1) is 49.8 Å². The van der Waals surface area contributed by atoms with Gasteiger partial charge in [-0.1, -0.05) is 18.6 Å². The summed E-state index contributed by atoms with van der Waals surface area (Å²) < 4.78 is 40.6. The number of anilines is 2. The van der Waals surface area contributed by atoms with Crippen LogP contribution in [-0.4, -0.2) is 68.3 Å². The number of aromatic nitrogens is 1. The second kappa shape index (κ2) is 12.2. The van der Waals surface area contributed by atoms with Crippen LogP contribution in [-0.2, 0) is 11.3 Å². The number of rotatable bonds is 9. The number of ether oxygens (including phenoxy) is 2. The zero-order valence-corrected chi connectivity index (χ0v) is 22.5. The molecular formula is C30H34F2N4O3. The van der Waals surface area contributed by atoms with Gasteiger partial charge < -0.3 is 29.6 Å². The van der Waals surface area contributed by atoms with E-state index >= 15 is 0 Å². The summed E-state index contributed by atoms with van der Waals surface area (Å²) in [4.78, 5) is 14.1. The van der Waals surface area contributed by atoms with Gasteiger partial charge in [-0.2, -0.15) is 0 Å². The lowest BCUT2D eigenvalue weighted by atomic mass is 10.0. The van der Waals surface area contributed by atoms with Crippen molar-refractivity contribution in [1.82, 2.24) is 9.47 Å². The number of halogens is 2. The number of allylic oxidation sites excluding steroid dienone is 1. The summed E-state index contributed by atoms with van der Waals surface area (Å²) in [6.07, 6.45) is 2.71. The van der Waals surface area contributed by atoms with Crippen LogP contribution in [0.15, 0.2) is 55.1 Å². The van der Waals surface area contributed by atoms with Gasteiger partial charge in [-0.15, -0.1) is 0 Å². The highest BCUT2D eigenvalue weighted by atomic mass is 19.3. The fourth-order valence-corrected chi connectivity index (χ4v) is 4.69. The summed E-state index contributed by atoms with van der Waals surface area (Å²) in [6, 6.07) is 12.8. The molecule has 0 aliphatic carbocycles. The lowest BCUT2D eigenvalue weighted by molar-refractivity contribution is 0.0374. The summed E-state index contributed by atoms with van der Waals surface area (Å²) in [6.45, 7) is 5.01. The molecule has 0 bridgehead atoms. The summed E-state index contributed by atoms with van der Waals surface area (Å²) in [5.41, 5.74) is 3.09. The van der Waals surface area contributed by atoms with E-state index in [4.69, 9.17) is 9.47 Å². The zero-order chi connectivity index (χ0) is 28.0. The summed E-state index contributed by atoms with van der Waals surface area (Å²) >= 11 is 0. The number of carbonyl (C=O) groups is 1. The molecule has 0 unspecified atom stereocenters. The standard InChI is InChI=1S/C30H34F2N4O3/c1-5-30(31,32)20-36-23(8-7-15-33-26-12-11-21(29(37)39-4)18-28(26)38-3)19-24-25(9-6-10-27(24)36)34-22-13-16-35(2)17-14-22/h5-6,9-12,18-19,22,33-34H,1,13-17,20H2,2-4H3. The maximum Gasteiger partial charge on any atom is 0.337 e. The van der Waals surface area contributed by atoms with Crippen molar-refractivity contribution in [3.8, 4) is 17.6 Å². The minimum atomic E-state index is -3.09. The predicted molar refractivity (Wildman–Crippen MR) is 151 cm³/mol. The van der Waals surface area contributed by atoms with E-state index in [0.29, 0.717) is 40.3 Å². The van der Waals surface area contributed by atoms with Crippen LogP contribution < -0.4 is 15.4 Å². The Labute approximate surface area is 227 Å². The third-order valence-corrected chi connectivity index (χ3v) is 6.90. The van der Waals surface area contributed by atoms with Crippen LogP contribution in [0.4, 0.5) is 20.2 Å². The van der Waals surface area contributed by atoms with Crippen LogP contribution in [0.1, 0.15) is 28.9 Å². The first-order valence-corrected chi connectivity index (χ1v) is 12.8. The number of methoxy groups -OCH3 is 2. The molecule has 1 fully saturated rings. The molecule has 39 heavy (non-hydrogen) atoms. The van der Waals surface area contributed by atoms with Crippen LogP contribution in [0, 0.1) is 11.8 Å². The summed E-state index contributed by atoms with van der Waals surface area (Å²) in [5, 5.41) is 7.64. The molecule has 2 heterocycles. The van der Waals surface area contributed by atoms with E-state index in [1.54, 1.807) is 22.8 Å². The molecule has 3 aromatic rings. The lowest BCUT2D eigenvalue weighted by Gasteiger charge is -2.30. The Balaban J connectivity index is 1.60. The number of esters is 1. The van der Waals surface area contributed by atoms with Crippen LogP contribution in [0.2, 0.25) is 0 Å². The Hall–Kier alpha value is -4.03. The minimum absolute atomic E-state index is 0.230. The highest BCUT2D eigenvalue weighted by molar-refractivity contribution is 5.94. The van der Waals surface area contributed by atoms with Gasteiger partial charge in [0.2, 0.25) is 0 Å². The molecule has 7 nitrogen and oxygen atoms in total. The zero-order valence-electron chi connectivity index (χ0n) is 22.5. The number of alkyl halides is 2. The first kappa shape index (κ1) is 28.0. The molecule has 1 aromatic heterocycles. The number of nitrogens with one attached hydrogen (secondary N) is 2. The topological polar surface area (TPSA) is 67.8 Å². The van der Waals surface area contributed by atoms with Crippen molar-refractivity contribution >= 4 is 28.2 Å². The Morgan fingerprint density at radius 3 is 2.64 bits per heavy atom. The normalized spacial score (nSPS) is 14.4. The average Bonchev–Trinajstić information content (AvgIpc) is 3.29. The Morgan fingerprint density at radius 1 is 1.18 bits per heavy atom. The number of nitrogens with zero attached hydrogens (tertiary/aromatic N) is 2. The van der Waals surface area contributed by atoms with Crippen molar-refractivity contribution in [1.29, 1.82) is 0 Å². The molecule has 0 atom stereocenters. The molecule has 1 aliphatic heterocycles. The van der Waals surface area contributed by atoms with Crippen molar-refractivity contribution in [3.05, 3.63) is 66.4 Å². The first-order chi connectivity index (χ1) is 18.7. The maximum atomic E-state index is 14.5. The Morgan fingerprint density at radius 2 is 1.95 bits per heavy atom. The van der Waals surface area contributed by atoms with Gasteiger partial charge in [-0.3, -0.25) is 0 Å². The van der Waals surface area contributed by atoms with E-state index in [9.17, 15) is 13.6 Å². The van der Waals surface area contributed by atoms with Crippen LogP contribution >= 0.6 is 0 Å². The van der Waals surface area contributed by atoms with Gasteiger partial charge in [-0.05, 0) is 81.4 Å². The quantitative estimate of drug-likeness (QED) is 0.222. The summed E-state index contributed by atoms with van der Waals surface area (Å²) in [5.74, 6) is 3.01.